The highest BCUT2D eigenvalue weighted by atomic mass is 32.1. The van der Waals surface area contributed by atoms with Crippen LogP contribution < -0.4 is 5.32 Å². The van der Waals surface area contributed by atoms with Gasteiger partial charge in [-0.05, 0) is 43.3 Å². The van der Waals surface area contributed by atoms with Gasteiger partial charge in [0.15, 0.2) is 5.13 Å². The summed E-state index contributed by atoms with van der Waals surface area (Å²) in [6.07, 6.45) is 0. The smallest absolute Gasteiger partial charge is 0.257 e. The van der Waals surface area contributed by atoms with Crippen molar-refractivity contribution in [3.8, 4) is 16.6 Å². The van der Waals surface area contributed by atoms with Crippen molar-refractivity contribution in [1.29, 1.82) is 5.26 Å². The molecule has 1 N–H and O–H groups in total. The van der Waals surface area contributed by atoms with E-state index in [1.54, 1.807) is 35.6 Å². The van der Waals surface area contributed by atoms with Gasteiger partial charge in [-0.25, -0.2) is 4.98 Å². The van der Waals surface area contributed by atoms with Crippen molar-refractivity contribution in [2.24, 2.45) is 0 Å². The normalized spacial score (nSPS) is 10.2. The molecule has 4 nitrogen and oxygen atoms in total. The van der Waals surface area contributed by atoms with Gasteiger partial charge in [0.1, 0.15) is 0 Å². The first-order chi connectivity index (χ1) is 10.7. The molecule has 6 heteroatoms. The van der Waals surface area contributed by atoms with Crippen LogP contribution in [-0.2, 0) is 0 Å². The lowest BCUT2D eigenvalue weighted by atomic mass is 10.1. The van der Waals surface area contributed by atoms with E-state index in [1.165, 1.54) is 16.2 Å². The Morgan fingerprint density at radius 3 is 2.64 bits per heavy atom. The number of thiophene rings is 1. The molecule has 0 unspecified atom stereocenters. The van der Waals surface area contributed by atoms with Crippen LogP contribution in [0.25, 0.3) is 10.6 Å². The number of aryl methyl sites for hydroxylation is 1. The first-order valence-electron chi connectivity index (χ1n) is 6.49. The highest BCUT2D eigenvalue weighted by molar-refractivity contribution is 7.17. The van der Waals surface area contributed by atoms with Crippen molar-refractivity contribution >= 4 is 33.7 Å². The third-order valence-corrected chi connectivity index (χ3v) is 4.77. The average molecular weight is 325 g/mol. The quantitative estimate of drug-likeness (QED) is 0.780. The van der Waals surface area contributed by atoms with Crippen molar-refractivity contribution in [3.05, 3.63) is 57.8 Å². The van der Waals surface area contributed by atoms with E-state index in [-0.39, 0.29) is 5.91 Å². The predicted octanol–water partition coefficient (Wildman–Crippen LogP) is 4.30. The van der Waals surface area contributed by atoms with E-state index in [1.807, 2.05) is 30.5 Å². The zero-order valence-corrected chi connectivity index (χ0v) is 13.3. The van der Waals surface area contributed by atoms with E-state index in [0.29, 0.717) is 16.3 Å². The minimum absolute atomic E-state index is 0.229. The molecule has 22 heavy (non-hydrogen) atoms. The fourth-order valence-corrected chi connectivity index (χ4v) is 3.49. The summed E-state index contributed by atoms with van der Waals surface area (Å²) in [5, 5.41) is 14.0. The van der Waals surface area contributed by atoms with Gasteiger partial charge >= 0.3 is 0 Å². The summed E-state index contributed by atoms with van der Waals surface area (Å²) in [5.41, 5.74) is 1.90. The number of carbonyl (C=O) groups is 1. The van der Waals surface area contributed by atoms with E-state index in [0.717, 1.165) is 10.6 Å². The van der Waals surface area contributed by atoms with Crippen molar-refractivity contribution in [1.82, 2.24) is 4.98 Å². The Bertz CT molecular complexity index is 856. The molecule has 3 rings (SSSR count). The standard InChI is InChI=1S/C16H11N3OS2/c1-10-2-7-14(22-10)13-9-21-16(18-13)19-15(20)12-5-3-11(8-17)4-6-12/h2-7,9H,1H3,(H,18,19,20). The molecule has 0 aliphatic heterocycles. The highest BCUT2D eigenvalue weighted by Crippen LogP contribution is 2.30. The zero-order valence-electron chi connectivity index (χ0n) is 11.7. The number of rotatable bonds is 3. The Kier molecular flexibility index (Phi) is 4.00. The van der Waals surface area contributed by atoms with Crippen LogP contribution in [0.1, 0.15) is 20.8 Å². The molecule has 1 aromatic carbocycles. The molecule has 0 aliphatic rings. The summed E-state index contributed by atoms with van der Waals surface area (Å²) in [6.45, 7) is 2.05. The first kappa shape index (κ1) is 14.4. The van der Waals surface area contributed by atoms with Gasteiger partial charge in [-0.1, -0.05) is 0 Å². The largest absolute Gasteiger partial charge is 0.298 e. The molecule has 0 atom stereocenters. The lowest BCUT2D eigenvalue weighted by Gasteiger charge is -2.01. The Labute approximate surface area is 135 Å². The van der Waals surface area contributed by atoms with Gasteiger partial charge in [0.2, 0.25) is 0 Å². The van der Waals surface area contributed by atoms with Crippen LogP contribution in [0.3, 0.4) is 0 Å². The third-order valence-electron chi connectivity index (χ3n) is 2.99. The summed E-state index contributed by atoms with van der Waals surface area (Å²) in [7, 11) is 0. The summed E-state index contributed by atoms with van der Waals surface area (Å²) >= 11 is 3.07. The number of nitriles is 1. The molecule has 2 aromatic heterocycles. The molecule has 0 spiro atoms. The fraction of sp³-hybridized carbons (Fsp3) is 0.0625. The van der Waals surface area contributed by atoms with E-state index in [9.17, 15) is 4.79 Å². The molecule has 108 valence electrons. The molecule has 2 heterocycles. The van der Waals surface area contributed by atoms with E-state index >= 15 is 0 Å². The Hall–Kier alpha value is -2.49. The van der Waals surface area contributed by atoms with Gasteiger partial charge in [0.05, 0.1) is 22.2 Å². The molecule has 0 fully saturated rings. The Morgan fingerprint density at radius 1 is 1.23 bits per heavy atom. The van der Waals surface area contributed by atoms with Gasteiger partial charge in [0, 0.05) is 15.8 Å². The molecule has 0 aliphatic carbocycles. The number of hydrogen-bond donors (Lipinski definition) is 1. The summed E-state index contributed by atoms with van der Waals surface area (Å²) in [6, 6.07) is 12.6. The Morgan fingerprint density at radius 2 is 2.00 bits per heavy atom. The number of aromatic nitrogens is 1. The maximum atomic E-state index is 12.1. The predicted molar refractivity (Wildman–Crippen MR) is 89.3 cm³/mol. The number of anilines is 1. The topological polar surface area (TPSA) is 65.8 Å². The fourth-order valence-electron chi connectivity index (χ4n) is 1.88. The molecule has 0 radical (unpaired) electrons. The lowest BCUT2D eigenvalue weighted by molar-refractivity contribution is 0.102. The highest BCUT2D eigenvalue weighted by Gasteiger charge is 2.11. The van der Waals surface area contributed by atoms with Crippen LogP contribution in [0.5, 0.6) is 0 Å². The zero-order chi connectivity index (χ0) is 15.5. The first-order valence-corrected chi connectivity index (χ1v) is 8.19. The molecule has 1 amide bonds. The number of thiazole rings is 1. The van der Waals surface area contributed by atoms with Crippen molar-refractivity contribution < 1.29 is 4.79 Å². The summed E-state index contributed by atoms with van der Waals surface area (Å²) in [5.74, 6) is -0.229. The number of hydrogen-bond acceptors (Lipinski definition) is 5. The monoisotopic (exact) mass is 325 g/mol. The minimum Gasteiger partial charge on any atom is -0.298 e. The van der Waals surface area contributed by atoms with Crippen LogP contribution in [0, 0.1) is 18.3 Å². The number of nitrogens with zero attached hydrogens (tertiary/aromatic N) is 2. The number of carbonyl (C=O) groups excluding carboxylic acids is 1. The molecule has 0 bridgehead atoms. The summed E-state index contributed by atoms with van der Waals surface area (Å²) in [4.78, 5) is 18.9. The van der Waals surface area contributed by atoms with Crippen LogP contribution in [0.2, 0.25) is 0 Å². The van der Waals surface area contributed by atoms with Gasteiger partial charge in [-0.15, -0.1) is 22.7 Å². The SMILES string of the molecule is Cc1ccc(-c2csc(NC(=O)c3ccc(C#N)cc3)n2)s1. The van der Waals surface area contributed by atoms with Crippen molar-refractivity contribution in [2.45, 2.75) is 6.92 Å². The number of nitrogens with one attached hydrogen (secondary N) is 1. The average Bonchev–Trinajstić information content (AvgIpc) is 3.16. The van der Waals surface area contributed by atoms with Crippen molar-refractivity contribution in [3.63, 3.8) is 0 Å². The molecule has 0 saturated carbocycles. The third kappa shape index (κ3) is 3.06. The number of benzene rings is 1. The van der Waals surface area contributed by atoms with Gasteiger partial charge in [-0.3, -0.25) is 10.1 Å². The van der Waals surface area contributed by atoms with Crippen LogP contribution in [0.15, 0.2) is 41.8 Å². The van der Waals surface area contributed by atoms with E-state index < -0.39 is 0 Å². The second kappa shape index (κ2) is 6.10. The molecular formula is C16H11N3OS2. The van der Waals surface area contributed by atoms with E-state index in [4.69, 9.17) is 5.26 Å². The van der Waals surface area contributed by atoms with E-state index in [2.05, 4.69) is 10.3 Å². The lowest BCUT2D eigenvalue weighted by Crippen LogP contribution is -2.11. The Balaban J connectivity index is 1.74. The maximum absolute atomic E-state index is 12.1. The molecule has 0 saturated heterocycles. The van der Waals surface area contributed by atoms with Crippen molar-refractivity contribution in [2.75, 3.05) is 5.32 Å². The van der Waals surface area contributed by atoms with Gasteiger partial charge in [-0.2, -0.15) is 5.26 Å². The second-order valence-electron chi connectivity index (χ2n) is 4.59. The van der Waals surface area contributed by atoms with Gasteiger partial charge < -0.3 is 0 Å². The minimum atomic E-state index is -0.229. The summed E-state index contributed by atoms with van der Waals surface area (Å²) < 4.78 is 0. The molecule has 3 aromatic rings. The van der Waals surface area contributed by atoms with Gasteiger partial charge in [0.25, 0.3) is 5.91 Å². The number of amides is 1. The second-order valence-corrected chi connectivity index (χ2v) is 6.74. The van der Waals surface area contributed by atoms with Crippen LogP contribution in [0.4, 0.5) is 5.13 Å². The maximum Gasteiger partial charge on any atom is 0.257 e. The molecular weight excluding hydrogens is 314 g/mol. The van der Waals surface area contributed by atoms with Crippen LogP contribution in [-0.4, -0.2) is 10.9 Å². The van der Waals surface area contributed by atoms with Crippen LogP contribution >= 0.6 is 22.7 Å².